The number of benzene rings is 4. The third-order valence-electron chi connectivity index (χ3n) is 7.77. The van der Waals surface area contributed by atoms with Crippen LogP contribution in [0.3, 0.4) is 0 Å². The zero-order valence-electron chi connectivity index (χ0n) is 24.8. The maximum absolute atomic E-state index is 14.1. The summed E-state index contributed by atoms with van der Waals surface area (Å²) in [6.07, 6.45) is -1.80. The molecule has 0 bridgehead atoms. The van der Waals surface area contributed by atoms with E-state index >= 15 is 0 Å². The van der Waals surface area contributed by atoms with E-state index in [0.717, 1.165) is 34.0 Å². The van der Waals surface area contributed by atoms with Crippen molar-refractivity contribution in [3.63, 3.8) is 0 Å². The zero-order valence-corrected chi connectivity index (χ0v) is 25.6. The van der Waals surface area contributed by atoms with Gasteiger partial charge in [0.1, 0.15) is 0 Å². The molecule has 236 valence electrons. The highest BCUT2D eigenvalue weighted by Gasteiger charge is 2.31. The number of H-pyrrole nitrogens is 1. The predicted octanol–water partition coefficient (Wildman–Crippen LogP) is 6.64. The molecule has 0 saturated carbocycles. The van der Waals surface area contributed by atoms with Crippen LogP contribution in [-0.2, 0) is 38.7 Å². The summed E-state index contributed by atoms with van der Waals surface area (Å²) in [5, 5.41) is 2.30. The summed E-state index contributed by atoms with van der Waals surface area (Å²) in [6.45, 7) is 0.137. The largest absolute Gasteiger partial charge is 0.416 e. The Morgan fingerprint density at radius 2 is 1.56 bits per heavy atom. The van der Waals surface area contributed by atoms with Gasteiger partial charge in [0, 0.05) is 55.8 Å². The number of nitrogens with zero attached hydrogens (tertiary/aromatic N) is 2. The van der Waals surface area contributed by atoms with Gasteiger partial charge in [-0.1, -0.05) is 66.7 Å². The van der Waals surface area contributed by atoms with Crippen molar-refractivity contribution in [3.05, 3.63) is 114 Å². The number of para-hydroxylation sites is 1. The van der Waals surface area contributed by atoms with E-state index in [0.29, 0.717) is 30.4 Å². The second-order valence-electron chi connectivity index (χ2n) is 10.8. The van der Waals surface area contributed by atoms with Crippen LogP contribution in [0.15, 0.2) is 102 Å². The Kier molecular flexibility index (Phi) is 9.91. The molecular weight excluding hydrogens is 603 g/mol. The number of carbonyl (C=O) groups excluding carboxylic acids is 1. The van der Waals surface area contributed by atoms with Crippen molar-refractivity contribution in [2.75, 3.05) is 33.4 Å². The zero-order chi connectivity index (χ0) is 32.0. The lowest BCUT2D eigenvalue weighted by Gasteiger charge is -2.28. The Bertz CT molecular complexity index is 1870. The molecule has 0 atom stereocenters. The van der Waals surface area contributed by atoms with E-state index in [9.17, 15) is 26.4 Å². The molecule has 11 heteroatoms. The Morgan fingerprint density at radius 3 is 2.29 bits per heavy atom. The molecule has 1 N–H and O–H groups in total. The number of aromatic nitrogens is 1. The Labute approximate surface area is 260 Å². The molecule has 0 radical (unpaired) electrons. The number of aromatic amines is 1. The second kappa shape index (κ2) is 13.8. The molecule has 1 amide bonds. The molecule has 0 aliphatic rings. The van der Waals surface area contributed by atoms with Crippen molar-refractivity contribution < 1.29 is 31.1 Å². The van der Waals surface area contributed by atoms with Gasteiger partial charge >= 0.3 is 6.18 Å². The Hall–Kier alpha value is -4.19. The lowest BCUT2D eigenvalue weighted by Crippen LogP contribution is -2.44. The summed E-state index contributed by atoms with van der Waals surface area (Å²) in [7, 11) is -2.60. The molecule has 1 aromatic heterocycles. The predicted molar refractivity (Wildman–Crippen MR) is 168 cm³/mol. The number of rotatable bonds is 13. The minimum atomic E-state index is -4.48. The lowest BCUT2D eigenvalue weighted by molar-refractivity contribution is -0.137. The van der Waals surface area contributed by atoms with Gasteiger partial charge in [0.2, 0.25) is 15.9 Å². The number of hydrogen-bond acceptors (Lipinski definition) is 4. The summed E-state index contributed by atoms with van der Waals surface area (Å²) >= 11 is 0. The highest BCUT2D eigenvalue weighted by atomic mass is 32.2. The number of alkyl halides is 3. The highest BCUT2D eigenvalue weighted by Crippen LogP contribution is 2.30. The average molecular weight is 638 g/mol. The van der Waals surface area contributed by atoms with Gasteiger partial charge in [0.05, 0.1) is 17.0 Å². The topological polar surface area (TPSA) is 82.7 Å². The van der Waals surface area contributed by atoms with Crippen LogP contribution in [0.4, 0.5) is 13.2 Å². The average Bonchev–Trinajstić information content (AvgIpc) is 3.45. The molecular formula is C34H34F3N3O4S. The van der Waals surface area contributed by atoms with Gasteiger partial charge in [-0.15, -0.1) is 0 Å². The van der Waals surface area contributed by atoms with Crippen molar-refractivity contribution in [1.82, 2.24) is 14.2 Å². The quantitative estimate of drug-likeness (QED) is 0.147. The number of fused-ring (bicyclic) bond motifs is 2. The third kappa shape index (κ3) is 7.55. The molecule has 0 aliphatic carbocycles. The van der Waals surface area contributed by atoms with Gasteiger partial charge in [-0.25, -0.2) is 8.42 Å². The van der Waals surface area contributed by atoms with Crippen LogP contribution in [-0.4, -0.2) is 61.9 Å². The van der Waals surface area contributed by atoms with E-state index in [2.05, 4.69) is 4.98 Å². The van der Waals surface area contributed by atoms with Gasteiger partial charge < -0.3 is 14.6 Å². The van der Waals surface area contributed by atoms with E-state index < -0.39 is 34.2 Å². The number of nitrogens with one attached hydrogen (secondary N) is 1. The molecule has 4 aromatic carbocycles. The van der Waals surface area contributed by atoms with Crippen molar-refractivity contribution in [2.45, 2.75) is 30.5 Å². The number of amides is 1. The molecule has 0 unspecified atom stereocenters. The maximum atomic E-state index is 14.1. The van der Waals surface area contributed by atoms with E-state index in [4.69, 9.17) is 4.74 Å². The van der Waals surface area contributed by atoms with E-state index in [1.54, 1.807) is 18.2 Å². The standard InChI is InChI=1S/C34H34F3N3O4S/c1-44-21-7-19-40(45(42,43)32-13-6-9-26-8-2-3-11-30(26)32)24-33(41)39(23-25-14-16-28(17-15-25)34(35,36)37)20-18-27-22-38-31-12-5-4-10-29(27)31/h2-6,8-17,22,38H,7,18-21,23-24H2,1H3. The third-order valence-corrected chi connectivity index (χ3v) is 9.67. The van der Waals surface area contributed by atoms with Crippen LogP contribution in [0.1, 0.15) is 23.1 Å². The lowest BCUT2D eigenvalue weighted by atomic mass is 10.1. The molecule has 0 saturated heterocycles. The smallest absolute Gasteiger partial charge is 0.385 e. The first-order chi connectivity index (χ1) is 21.6. The molecule has 0 aliphatic heterocycles. The monoisotopic (exact) mass is 637 g/mol. The summed E-state index contributed by atoms with van der Waals surface area (Å²) in [6, 6.07) is 24.6. The molecule has 7 nitrogen and oxygen atoms in total. The number of sulfonamides is 1. The van der Waals surface area contributed by atoms with Crippen LogP contribution in [0.5, 0.6) is 0 Å². The second-order valence-corrected chi connectivity index (χ2v) is 12.7. The van der Waals surface area contributed by atoms with Crippen molar-refractivity contribution in [3.8, 4) is 0 Å². The first kappa shape index (κ1) is 32.2. The van der Waals surface area contributed by atoms with E-state index in [-0.39, 0.29) is 24.5 Å². The summed E-state index contributed by atoms with van der Waals surface area (Å²) in [4.78, 5) is 18.8. The minimum Gasteiger partial charge on any atom is -0.385 e. The van der Waals surface area contributed by atoms with Gasteiger partial charge in [-0.3, -0.25) is 4.79 Å². The molecule has 5 aromatic rings. The van der Waals surface area contributed by atoms with Gasteiger partial charge in [-0.2, -0.15) is 17.5 Å². The molecule has 45 heavy (non-hydrogen) atoms. The van der Waals surface area contributed by atoms with Crippen LogP contribution in [0, 0.1) is 0 Å². The number of carbonyl (C=O) groups is 1. The SMILES string of the molecule is COCCCN(CC(=O)N(CCc1c[nH]c2ccccc12)Cc1ccc(C(F)(F)F)cc1)S(=O)(=O)c1cccc2ccccc12. The molecule has 0 fully saturated rings. The first-order valence-electron chi connectivity index (χ1n) is 14.5. The van der Waals surface area contributed by atoms with Crippen LogP contribution in [0.2, 0.25) is 0 Å². The van der Waals surface area contributed by atoms with E-state index in [1.807, 2.05) is 48.7 Å². The fourth-order valence-corrected chi connectivity index (χ4v) is 7.03. The number of hydrogen-bond donors (Lipinski definition) is 1. The normalized spacial score (nSPS) is 12.3. The molecule has 5 rings (SSSR count). The summed E-state index contributed by atoms with van der Waals surface area (Å²) in [5.41, 5.74) is 1.63. The van der Waals surface area contributed by atoms with E-state index in [1.165, 1.54) is 34.5 Å². The highest BCUT2D eigenvalue weighted by molar-refractivity contribution is 7.89. The molecule has 0 spiro atoms. The van der Waals surface area contributed by atoms with Crippen molar-refractivity contribution >= 4 is 37.6 Å². The maximum Gasteiger partial charge on any atom is 0.416 e. The fourth-order valence-electron chi connectivity index (χ4n) is 5.39. The van der Waals surface area contributed by atoms with Gasteiger partial charge in [0.15, 0.2) is 0 Å². The van der Waals surface area contributed by atoms with Crippen LogP contribution in [0.25, 0.3) is 21.7 Å². The van der Waals surface area contributed by atoms with Crippen molar-refractivity contribution in [1.29, 1.82) is 0 Å². The number of methoxy groups -OCH3 is 1. The van der Waals surface area contributed by atoms with Gasteiger partial charge in [0.25, 0.3) is 0 Å². The van der Waals surface area contributed by atoms with Crippen molar-refractivity contribution in [2.24, 2.45) is 0 Å². The van der Waals surface area contributed by atoms with Crippen LogP contribution < -0.4 is 0 Å². The van der Waals surface area contributed by atoms with Crippen LogP contribution >= 0.6 is 0 Å². The Balaban J connectivity index is 1.44. The fraction of sp³-hybridized carbons (Fsp3) is 0.265. The Morgan fingerprint density at radius 1 is 0.867 bits per heavy atom. The summed E-state index contributed by atoms with van der Waals surface area (Å²) < 4.78 is 74.1. The van der Waals surface area contributed by atoms with Gasteiger partial charge in [-0.05, 0) is 53.6 Å². The molecule has 1 heterocycles. The minimum absolute atomic E-state index is 0.0134. The first-order valence-corrected chi connectivity index (χ1v) is 16.0. The summed E-state index contributed by atoms with van der Waals surface area (Å²) in [5.74, 6) is -0.462. The number of halogens is 3. The number of ether oxygens (including phenoxy) is 1.